The number of pyridine rings is 1. The van der Waals surface area contributed by atoms with Crippen LogP contribution in [0.5, 0.6) is 0 Å². The van der Waals surface area contributed by atoms with Gasteiger partial charge in [0.25, 0.3) is 0 Å². The molecule has 2 N–H and O–H groups in total. The van der Waals surface area contributed by atoms with Gasteiger partial charge in [0, 0.05) is 39.8 Å². The maximum Gasteiger partial charge on any atom is 0.320 e. The first-order valence-electron chi connectivity index (χ1n) is 13.8. The Bertz CT molecular complexity index is 1440. The molecule has 39 heavy (non-hydrogen) atoms. The fraction of sp³-hybridized carbons (Fsp3) is 0.467. The number of aryl methyl sites for hydroxylation is 1. The maximum atomic E-state index is 13.1. The van der Waals surface area contributed by atoms with Crippen molar-refractivity contribution in [2.45, 2.75) is 94.7 Å². The van der Waals surface area contributed by atoms with E-state index in [2.05, 4.69) is 91.2 Å². The molecule has 3 heterocycles. The average molecular weight is 546 g/mol. The van der Waals surface area contributed by atoms with Gasteiger partial charge in [0.05, 0.1) is 11.4 Å². The lowest BCUT2D eigenvalue weighted by Gasteiger charge is -2.28. The molecule has 1 saturated carbocycles. The summed E-state index contributed by atoms with van der Waals surface area (Å²) in [5, 5.41) is 20.3. The van der Waals surface area contributed by atoms with Crippen LogP contribution in [-0.2, 0) is 5.41 Å². The van der Waals surface area contributed by atoms with Gasteiger partial charge >= 0.3 is 6.03 Å². The molecule has 1 aromatic carbocycles. The van der Waals surface area contributed by atoms with Gasteiger partial charge in [0.15, 0.2) is 5.65 Å². The third-order valence-corrected chi connectivity index (χ3v) is 8.55. The number of anilines is 1. The summed E-state index contributed by atoms with van der Waals surface area (Å²) < 4.78 is 3.93. The number of fused-ring (bicyclic) bond motifs is 1. The number of carbonyl (C=O) groups is 1. The lowest BCUT2D eigenvalue weighted by Crippen LogP contribution is -2.40. The lowest BCUT2D eigenvalue weighted by atomic mass is 9.92. The SMILES string of the molecule is Cc1ccc(-n2nc(C(C)(C)C)cc2NC(=O)NC2CCC(Sc3ccc4nnc(C(C)C)n4c3)CC2)cc1. The number of nitrogens with zero attached hydrogens (tertiary/aromatic N) is 5. The quantitative estimate of drug-likeness (QED) is 0.276. The fourth-order valence-corrected chi connectivity index (χ4v) is 6.13. The van der Waals surface area contributed by atoms with Gasteiger partial charge in [-0.05, 0) is 56.9 Å². The van der Waals surface area contributed by atoms with Crippen molar-refractivity contribution < 1.29 is 4.79 Å². The van der Waals surface area contributed by atoms with Crippen molar-refractivity contribution in [3.05, 3.63) is 65.7 Å². The molecule has 9 heteroatoms. The van der Waals surface area contributed by atoms with Crippen LogP contribution < -0.4 is 10.6 Å². The van der Waals surface area contributed by atoms with Crippen LogP contribution in [0.3, 0.4) is 0 Å². The van der Waals surface area contributed by atoms with Crippen molar-refractivity contribution in [2.75, 3.05) is 5.32 Å². The number of hydrogen-bond donors (Lipinski definition) is 2. The van der Waals surface area contributed by atoms with Crippen LogP contribution in [0.2, 0.25) is 0 Å². The van der Waals surface area contributed by atoms with Crippen LogP contribution in [0.4, 0.5) is 10.6 Å². The van der Waals surface area contributed by atoms with Gasteiger partial charge in [-0.1, -0.05) is 52.3 Å². The molecule has 1 aliphatic carbocycles. The predicted molar refractivity (Wildman–Crippen MR) is 158 cm³/mol. The van der Waals surface area contributed by atoms with Gasteiger partial charge in [-0.2, -0.15) is 5.10 Å². The smallest absolute Gasteiger partial charge is 0.320 e. The van der Waals surface area contributed by atoms with Gasteiger partial charge in [-0.15, -0.1) is 22.0 Å². The zero-order chi connectivity index (χ0) is 27.7. The molecule has 206 valence electrons. The number of urea groups is 1. The highest BCUT2D eigenvalue weighted by molar-refractivity contribution is 8.00. The van der Waals surface area contributed by atoms with E-state index in [0.29, 0.717) is 17.0 Å². The van der Waals surface area contributed by atoms with Gasteiger partial charge in [-0.3, -0.25) is 9.72 Å². The molecular weight excluding hydrogens is 506 g/mol. The second-order valence-electron chi connectivity index (χ2n) is 11.9. The van der Waals surface area contributed by atoms with Gasteiger partial charge < -0.3 is 5.32 Å². The molecule has 1 aliphatic rings. The number of benzene rings is 1. The van der Waals surface area contributed by atoms with E-state index < -0.39 is 0 Å². The molecule has 1 fully saturated rings. The molecule has 0 spiro atoms. The normalized spacial score (nSPS) is 18.0. The van der Waals surface area contributed by atoms with Gasteiger partial charge in [0.2, 0.25) is 0 Å². The van der Waals surface area contributed by atoms with Gasteiger partial charge in [-0.25, -0.2) is 9.48 Å². The Kier molecular flexibility index (Phi) is 7.71. The molecule has 3 aromatic heterocycles. The Hall–Kier alpha value is -3.33. The van der Waals surface area contributed by atoms with E-state index in [1.54, 1.807) is 0 Å². The van der Waals surface area contributed by atoms with Crippen molar-refractivity contribution >= 4 is 29.3 Å². The van der Waals surface area contributed by atoms with Crippen molar-refractivity contribution in [1.29, 1.82) is 0 Å². The molecule has 5 rings (SSSR count). The van der Waals surface area contributed by atoms with Crippen molar-refractivity contribution in [3.63, 3.8) is 0 Å². The minimum absolute atomic E-state index is 0.131. The molecule has 0 aliphatic heterocycles. The standard InChI is InChI=1S/C30H39N7OS/c1-19(2)28-34-33-26-16-15-24(18-36(26)28)39-23-13-9-21(10-14-23)31-29(38)32-27-17-25(30(4,5)6)35-37(27)22-11-7-20(3)8-12-22/h7-8,11-12,15-19,21,23H,9-10,13-14H2,1-6H3,(H2,31,32,38). The zero-order valence-corrected chi connectivity index (χ0v) is 24.5. The Morgan fingerprint density at radius 2 is 1.74 bits per heavy atom. The molecule has 8 nitrogen and oxygen atoms in total. The first kappa shape index (κ1) is 27.2. The van der Waals surface area contributed by atoms with E-state index in [1.165, 1.54) is 10.5 Å². The van der Waals surface area contributed by atoms with Crippen molar-refractivity contribution in [1.82, 2.24) is 29.7 Å². The number of amides is 2. The first-order valence-corrected chi connectivity index (χ1v) is 14.7. The summed E-state index contributed by atoms with van der Waals surface area (Å²) in [6, 6.07) is 14.3. The fourth-order valence-electron chi connectivity index (χ4n) is 4.93. The molecule has 2 amide bonds. The summed E-state index contributed by atoms with van der Waals surface area (Å²) in [6.07, 6.45) is 6.20. The maximum absolute atomic E-state index is 13.1. The summed E-state index contributed by atoms with van der Waals surface area (Å²) >= 11 is 1.92. The topological polar surface area (TPSA) is 89.1 Å². The highest BCUT2D eigenvalue weighted by Gasteiger charge is 2.25. The van der Waals surface area contributed by atoms with Crippen LogP contribution in [0, 0.1) is 6.92 Å². The first-order chi connectivity index (χ1) is 18.6. The number of hydrogen-bond acceptors (Lipinski definition) is 5. The summed E-state index contributed by atoms with van der Waals surface area (Å²) in [4.78, 5) is 14.3. The van der Waals surface area contributed by atoms with Crippen molar-refractivity contribution in [3.8, 4) is 5.69 Å². The molecule has 0 unspecified atom stereocenters. The number of thioether (sulfide) groups is 1. The van der Waals surface area contributed by atoms with E-state index in [-0.39, 0.29) is 17.5 Å². The van der Waals surface area contributed by atoms with Crippen molar-refractivity contribution in [2.24, 2.45) is 0 Å². The third kappa shape index (κ3) is 6.30. The average Bonchev–Trinajstić information content (AvgIpc) is 3.50. The van der Waals surface area contributed by atoms with E-state index in [0.717, 1.165) is 48.5 Å². The highest BCUT2D eigenvalue weighted by Crippen LogP contribution is 2.34. The Balaban J connectivity index is 1.19. The van der Waals surface area contributed by atoms with E-state index in [9.17, 15) is 4.79 Å². The molecule has 4 aromatic rings. The van der Waals surface area contributed by atoms with E-state index in [1.807, 2.05) is 40.7 Å². The molecular formula is C30H39N7OS. The monoisotopic (exact) mass is 545 g/mol. The summed E-state index contributed by atoms with van der Waals surface area (Å²) in [5.74, 6) is 1.99. The zero-order valence-electron chi connectivity index (χ0n) is 23.7. The number of rotatable bonds is 6. The largest absolute Gasteiger partial charge is 0.335 e. The van der Waals surface area contributed by atoms with E-state index >= 15 is 0 Å². The molecule has 0 atom stereocenters. The molecule has 0 radical (unpaired) electrons. The summed E-state index contributed by atoms with van der Waals surface area (Å²) in [5.41, 5.74) is 3.80. The summed E-state index contributed by atoms with van der Waals surface area (Å²) in [7, 11) is 0. The van der Waals surface area contributed by atoms with E-state index in [4.69, 9.17) is 5.10 Å². The second kappa shape index (κ2) is 11.0. The van der Waals surface area contributed by atoms with Crippen LogP contribution in [-0.4, -0.2) is 41.7 Å². The number of carbonyl (C=O) groups excluding carboxylic acids is 1. The second-order valence-corrected chi connectivity index (χ2v) is 13.3. The molecule has 0 bridgehead atoms. The van der Waals surface area contributed by atoms with Gasteiger partial charge in [0.1, 0.15) is 11.6 Å². The third-order valence-electron chi connectivity index (χ3n) is 7.23. The van der Waals surface area contributed by atoms with Crippen LogP contribution >= 0.6 is 11.8 Å². The number of aromatic nitrogens is 5. The van der Waals surface area contributed by atoms with Crippen LogP contribution in [0.1, 0.15) is 83.3 Å². The van der Waals surface area contributed by atoms with Crippen LogP contribution in [0.25, 0.3) is 11.3 Å². The van der Waals surface area contributed by atoms with Crippen LogP contribution in [0.15, 0.2) is 53.6 Å². The minimum Gasteiger partial charge on any atom is -0.335 e. The minimum atomic E-state index is -0.181. The lowest BCUT2D eigenvalue weighted by molar-refractivity contribution is 0.244. The Labute approximate surface area is 235 Å². The highest BCUT2D eigenvalue weighted by atomic mass is 32.2. The predicted octanol–water partition coefficient (Wildman–Crippen LogP) is 6.87. The Morgan fingerprint density at radius 1 is 1.03 bits per heavy atom. The Morgan fingerprint density at radius 3 is 2.41 bits per heavy atom. The molecule has 0 saturated heterocycles. The number of nitrogens with one attached hydrogen (secondary N) is 2. The summed E-state index contributed by atoms with van der Waals surface area (Å²) in [6.45, 7) is 12.7.